The SMILES string of the molecule is CCCNC(=O)CN(c1ccc(C)cc1)S(=O)(=O)c1ccc(Cl)cc1. The Morgan fingerprint density at radius 2 is 1.68 bits per heavy atom. The highest BCUT2D eigenvalue weighted by Gasteiger charge is 2.27. The molecule has 0 atom stereocenters. The summed E-state index contributed by atoms with van der Waals surface area (Å²) in [6.45, 7) is 4.06. The molecule has 0 saturated carbocycles. The van der Waals surface area contributed by atoms with Crippen molar-refractivity contribution in [3.8, 4) is 0 Å². The highest BCUT2D eigenvalue weighted by molar-refractivity contribution is 7.92. The Morgan fingerprint density at radius 3 is 2.24 bits per heavy atom. The number of hydrogen-bond acceptors (Lipinski definition) is 3. The molecule has 2 aromatic rings. The molecule has 0 aliphatic heterocycles. The summed E-state index contributed by atoms with van der Waals surface area (Å²) in [6.07, 6.45) is 0.778. The largest absolute Gasteiger partial charge is 0.355 e. The van der Waals surface area contributed by atoms with Crippen molar-refractivity contribution in [1.82, 2.24) is 5.32 Å². The predicted octanol–water partition coefficient (Wildman–Crippen LogP) is 3.37. The number of hydrogen-bond donors (Lipinski definition) is 1. The van der Waals surface area contributed by atoms with E-state index in [-0.39, 0.29) is 17.3 Å². The number of anilines is 1. The van der Waals surface area contributed by atoms with Crippen molar-refractivity contribution in [3.05, 3.63) is 59.1 Å². The third-order valence-corrected chi connectivity index (χ3v) is 5.62. The number of amides is 1. The van der Waals surface area contributed by atoms with Crippen LogP contribution in [0.2, 0.25) is 5.02 Å². The van der Waals surface area contributed by atoms with Crippen LogP contribution in [0, 0.1) is 6.92 Å². The third-order valence-electron chi connectivity index (χ3n) is 3.58. The van der Waals surface area contributed by atoms with E-state index in [0.717, 1.165) is 16.3 Å². The number of benzene rings is 2. The maximum atomic E-state index is 13.0. The number of halogens is 1. The normalized spacial score (nSPS) is 11.2. The first-order chi connectivity index (χ1) is 11.8. The molecule has 0 aliphatic carbocycles. The Kier molecular flexibility index (Phi) is 6.45. The summed E-state index contributed by atoms with van der Waals surface area (Å²) in [5.74, 6) is -0.347. The van der Waals surface area contributed by atoms with Crippen LogP contribution >= 0.6 is 11.6 Å². The number of sulfonamides is 1. The molecule has 0 fully saturated rings. The van der Waals surface area contributed by atoms with Crippen LogP contribution in [0.1, 0.15) is 18.9 Å². The smallest absolute Gasteiger partial charge is 0.264 e. The van der Waals surface area contributed by atoms with E-state index in [0.29, 0.717) is 17.3 Å². The van der Waals surface area contributed by atoms with Gasteiger partial charge in [0.2, 0.25) is 5.91 Å². The zero-order chi connectivity index (χ0) is 18.4. The van der Waals surface area contributed by atoms with E-state index in [1.807, 2.05) is 26.0 Å². The lowest BCUT2D eigenvalue weighted by molar-refractivity contribution is -0.119. The first kappa shape index (κ1) is 19.3. The second-order valence-corrected chi connectivity index (χ2v) is 7.95. The van der Waals surface area contributed by atoms with E-state index in [1.54, 1.807) is 12.1 Å². The van der Waals surface area contributed by atoms with E-state index >= 15 is 0 Å². The van der Waals surface area contributed by atoms with Gasteiger partial charge >= 0.3 is 0 Å². The van der Waals surface area contributed by atoms with Gasteiger partial charge in [-0.2, -0.15) is 0 Å². The summed E-state index contributed by atoms with van der Waals surface area (Å²) in [6, 6.07) is 12.9. The molecule has 134 valence electrons. The molecule has 0 aromatic heterocycles. The van der Waals surface area contributed by atoms with Crippen LogP contribution in [0.25, 0.3) is 0 Å². The summed E-state index contributed by atoms with van der Waals surface area (Å²) in [5, 5.41) is 3.16. The van der Waals surface area contributed by atoms with Gasteiger partial charge in [-0.3, -0.25) is 9.10 Å². The molecule has 0 heterocycles. The second kappa shape index (κ2) is 8.36. The van der Waals surface area contributed by atoms with Crippen LogP contribution in [0.3, 0.4) is 0 Å². The van der Waals surface area contributed by atoms with E-state index < -0.39 is 10.0 Å². The zero-order valence-corrected chi connectivity index (χ0v) is 15.8. The minimum absolute atomic E-state index is 0.0840. The number of rotatable bonds is 7. The van der Waals surface area contributed by atoms with Crippen LogP contribution in [-0.2, 0) is 14.8 Å². The Balaban J connectivity index is 2.40. The van der Waals surface area contributed by atoms with Gasteiger partial charge in [0.1, 0.15) is 6.54 Å². The molecule has 1 N–H and O–H groups in total. The standard InChI is InChI=1S/C18H21ClN2O3S/c1-3-12-20-18(22)13-21(16-8-4-14(2)5-9-16)25(23,24)17-10-6-15(19)7-11-17/h4-11H,3,12-13H2,1-2H3,(H,20,22). The zero-order valence-electron chi connectivity index (χ0n) is 14.2. The van der Waals surface area contributed by atoms with Gasteiger partial charge in [0.05, 0.1) is 10.6 Å². The Morgan fingerprint density at radius 1 is 1.08 bits per heavy atom. The molecule has 0 spiro atoms. The summed E-state index contributed by atoms with van der Waals surface area (Å²) in [4.78, 5) is 12.2. The first-order valence-corrected chi connectivity index (χ1v) is 9.78. The number of nitrogens with zero attached hydrogens (tertiary/aromatic N) is 1. The van der Waals surface area contributed by atoms with Gasteiger partial charge in [-0.05, 0) is 49.7 Å². The van der Waals surface area contributed by atoms with Crippen molar-refractivity contribution >= 4 is 33.2 Å². The number of aryl methyl sites for hydroxylation is 1. The van der Waals surface area contributed by atoms with Gasteiger partial charge in [-0.15, -0.1) is 0 Å². The lowest BCUT2D eigenvalue weighted by Crippen LogP contribution is -2.41. The molecule has 7 heteroatoms. The van der Waals surface area contributed by atoms with E-state index in [2.05, 4.69) is 5.32 Å². The molecular formula is C18H21ClN2O3S. The highest BCUT2D eigenvalue weighted by atomic mass is 35.5. The van der Waals surface area contributed by atoms with Gasteiger partial charge < -0.3 is 5.32 Å². The fourth-order valence-electron chi connectivity index (χ4n) is 2.21. The van der Waals surface area contributed by atoms with E-state index in [1.165, 1.54) is 24.3 Å². The lowest BCUT2D eigenvalue weighted by atomic mass is 10.2. The Bertz CT molecular complexity index is 818. The molecule has 2 rings (SSSR count). The quantitative estimate of drug-likeness (QED) is 0.800. The fourth-order valence-corrected chi connectivity index (χ4v) is 3.76. The van der Waals surface area contributed by atoms with Crippen molar-refractivity contribution in [2.24, 2.45) is 0 Å². The minimum atomic E-state index is -3.89. The minimum Gasteiger partial charge on any atom is -0.355 e. The molecule has 0 aliphatic rings. The van der Waals surface area contributed by atoms with Crippen LogP contribution < -0.4 is 9.62 Å². The fraction of sp³-hybridized carbons (Fsp3) is 0.278. The van der Waals surface area contributed by atoms with Crippen molar-refractivity contribution in [3.63, 3.8) is 0 Å². The van der Waals surface area contributed by atoms with Gasteiger partial charge in [0.25, 0.3) is 10.0 Å². The topological polar surface area (TPSA) is 66.5 Å². The summed E-state index contributed by atoms with van der Waals surface area (Å²) in [5.41, 5.74) is 1.44. The molecule has 25 heavy (non-hydrogen) atoms. The molecule has 0 unspecified atom stereocenters. The molecule has 0 bridgehead atoms. The lowest BCUT2D eigenvalue weighted by Gasteiger charge is -2.24. The molecule has 0 radical (unpaired) electrons. The molecular weight excluding hydrogens is 360 g/mol. The van der Waals surface area contributed by atoms with Crippen molar-refractivity contribution < 1.29 is 13.2 Å². The molecule has 0 saturated heterocycles. The summed E-state index contributed by atoms with van der Waals surface area (Å²) >= 11 is 5.84. The third kappa shape index (κ3) is 4.96. The van der Waals surface area contributed by atoms with Crippen LogP contribution in [0.5, 0.6) is 0 Å². The van der Waals surface area contributed by atoms with Gasteiger partial charge in [0.15, 0.2) is 0 Å². The first-order valence-electron chi connectivity index (χ1n) is 7.96. The Hall–Kier alpha value is -2.05. The predicted molar refractivity (Wildman–Crippen MR) is 100 cm³/mol. The summed E-state index contributed by atoms with van der Waals surface area (Å²) < 4.78 is 27.2. The molecule has 2 aromatic carbocycles. The number of nitrogens with one attached hydrogen (secondary N) is 1. The van der Waals surface area contributed by atoms with Crippen molar-refractivity contribution in [2.45, 2.75) is 25.2 Å². The average molecular weight is 381 g/mol. The average Bonchev–Trinajstić information content (AvgIpc) is 2.59. The number of carbonyl (C=O) groups is 1. The summed E-state index contributed by atoms with van der Waals surface area (Å²) in [7, 11) is -3.89. The van der Waals surface area contributed by atoms with Crippen molar-refractivity contribution in [1.29, 1.82) is 0 Å². The van der Waals surface area contributed by atoms with Crippen molar-refractivity contribution in [2.75, 3.05) is 17.4 Å². The Labute approximate surface area is 153 Å². The van der Waals surface area contributed by atoms with E-state index in [4.69, 9.17) is 11.6 Å². The van der Waals surface area contributed by atoms with Gasteiger partial charge in [-0.25, -0.2) is 8.42 Å². The molecule has 5 nitrogen and oxygen atoms in total. The second-order valence-electron chi connectivity index (χ2n) is 5.65. The highest BCUT2D eigenvalue weighted by Crippen LogP contribution is 2.25. The van der Waals surface area contributed by atoms with E-state index in [9.17, 15) is 13.2 Å². The monoisotopic (exact) mass is 380 g/mol. The van der Waals surface area contributed by atoms with Crippen LogP contribution in [-0.4, -0.2) is 27.4 Å². The maximum Gasteiger partial charge on any atom is 0.264 e. The maximum absolute atomic E-state index is 13.0. The number of carbonyl (C=O) groups excluding carboxylic acids is 1. The van der Waals surface area contributed by atoms with Gasteiger partial charge in [0, 0.05) is 11.6 Å². The van der Waals surface area contributed by atoms with Crippen LogP contribution in [0.4, 0.5) is 5.69 Å². The van der Waals surface area contributed by atoms with Crippen LogP contribution in [0.15, 0.2) is 53.4 Å². The van der Waals surface area contributed by atoms with Gasteiger partial charge in [-0.1, -0.05) is 36.2 Å². The molecule has 1 amide bonds.